The summed E-state index contributed by atoms with van der Waals surface area (Å²) in [6.45, 7) is 4.32. The fraction of sp³-hybridized carbons (Fsp3) is 0.500. The van der Waals surface area contributed by atoms with E-state index in [2.05, 4.69) is 36.3 Å². The predicted molar refractivity (Wildman–Crippen MR) is 84.6 cm³/mol. The summed E-state index contributed by atoms with van der Waals surface area (Å²) in [6, 6.07) is 1.49. The first-order valence-corrected chi connectivity index (χ1v) is 8.78. The largest absolute Gasteiger partial charge is 0.369 e. The van der Waals surface area contributed by atoms with Crippen LogP contribution in [0.25, 0.3) is 0 Å². The second-order valence-corrected chi connectivity index (χ2v) is 6.96. The van der Waals surface area contributed by atoms with Crippen LogP contribution in [0.4, 0.5) is 5.82 Å². The van der Waals surface area contributed by atoms with Crippen molar-refractivity contribution in [1.29, 1.82) is 0 Å². The molecule has 1 aromatic rings. The summed E-state index contributed by atoms with van der Waals surface area (Å²) in [4.78, 5) is 14.9. The highest BCUT2D eigenvalue weighted by atomic mass is 79.9. The first-order chi connectivity index (χ1) is 9.86. The average Bonchev–Trinajstić information content (AvgIpc) is 2.42. The summed E-state index contributed by atoms with van der Waals surface area (Å²) in [5, 5.41) is 5.51. The average molecular weight is 379 g/mol. The van der Waals surface area contributed by atoms with Gasteiger partial charge in [-0.3, -0.25) is 4.79 Å². The molecule has 1 amide bonds. The highest BCUT2D eigenvalue weighted by Crippen LogP contribution is 2.22. The van der Waals surface area contributed by atoms with E-state index in [9.17, 15) is 13.2 Å². The Kier molecular flexibility index (Phi) is 7.06. The molecule has 21 heavy (non-hydrogen) atoms. The van der Waals surface area contributed by atoms with Crippen LogP contribution in [0.2, 0.25) is 0 Å². The molecule has 7 nitrogen and oxygen atoms in total. The van der Waals surface area contributed by atoms with Gasteiger partial charge in [0.1, 0.15) is 10.7 Å². The highest BCUT2D eigenvalue weighted by molar-refractivity contribution is 9.10. The third-order valence-electron chi connectivity index (χ3n) is 2.44. The molecule has 1 aromatic heterocycles. The maximum Gasteiger partial charge on any atom is 0.244 e. The first kappa shape index (κ1) is 17.9. The topological polar surface area (TPSA) is 100 Å². The van der Waals surface area contributed by atoms with E-state index in [4.69, 9.17) is 0 Å². The number of nitrogens with one attached hydrogen (secondary N) is 3. The quantitative estimate of drug-likeness (QED) is 0.587. The number of sulfonamides is 1. The van der Waals surface area contributed by atoms with Crippen molar-refractivity contribution < 1.29 is 13.2 Å². The zero-order valence-electron chi connectivity index (χ0n) is 11.9. The Balaban J connectivity index is 2.85. The molecule has 0 atom stereocenters. The lowest BCUT2D eigenvalue weighted by Gasteiger charge is -2.12. The van der Waals surface area contributed by atoms with Crippen LogP contribution in [0.1, 0.15) is 20.3 Å². The van der Waals surface area contributed by atoms with Gasteiger partial charge in [0, 0.05) is 37.2 Å². The van der Waals surface area contributed by atoms with Crippen molar-refractivity contribution in [1.82, 2.24) is 15.0 Å². The molecule has 0 aliphatic carbocycles. The van der Waals surface area contributed by atoms with Crippen LogP contribution in [0, 0.1) is 0 Å². The molecule has 3 N–H and O–H groups in total. The molecule has 0 saturated carbocycles. The number of hydrogen-bond acceptors (Lipinski definition) is 5. The third kappa shape index (κ3) is 5.98. The van der Waals surface area contributed by atoms with Gasteiger partial charge in [-0.1, -0.05) is 6.92 Å². The van der Waals surface area contributed by atoms with Gasteiger partial charge in [-0.25, -0.2) is 18.1 Å². The number of carbonyl (C=O) groups excluding carboxylic acids is 1. The van der Waals surface area contributed by atoms with Gasteiger partial charge in [0.25, 0.3) is 0 Å². The summed E-state index contributed by atoms with van der Waals surface area (Å²) in [5.74, 6) is 0.107. The first-order valence-electron chi connectivity index (χ1n) is 6.50. The second-order valence-electron chi connectivity index (χ2n) is 4.31. The molecule has 0 aliphatic heterocycles. The number of aromatic nitrogens is 1. The number of nitrogens with zero attached hydrogens (tertiary/aromatic N) is 1. The van der Waals surface area contributed by atoms with Crippen molar-refractivity contribution in [2.75, 3.05) is 25.0 Å². The second kappa shape index (κ2) is 8.30. The van der Waals surface area contributed by atoms with Gasteiger partial charge in [-0.2, -0.15) is 0 Å². The molecule has 9 heteroatoms. The zero-order valence-corrected chi connectivity index (χ0v) is 14.3. The van der Waals surface area contributed by atoms with Crippen LogP contribution < -0.4 is 15.4 Å². The van der Waals surface area contributed by atoms with Gasteiger partial charge < -0.3 is 10.6 Å². The summed E-state index contributed by atoms with van der Waals surface area (Å²) in [5.41, 5.74) is 0. The Hall–Kier alpha value is -1.19. The third-order valence-corrected chi connectivity index (χ3v) is 4.35. The maximum atomic E-state index is 12.3. The van der Waals surface area contributed by atoms with E-state index in [1.165, 1.54) is 19.2 Å². The number of pyridine rings is 1. The summed E-state index contributed by atoms with van der Waals surface area (Å²) < 4.78 is 27.6. The Morgan fingerprint density at radius 1 is 1.33 bits per heavy atom. The van der Waals surface area contributed by atoms with Crippen LogP contribution in [-0.2, 0) is 14.8 Å². The molecule has 0 aromatic carbocycles. The predicted octanol–water partition coefficient (Wildman–Crippen LogP) is 1.08. The zero-order chi connectivity index (χ0) is 15.9. The normalized spacial score (nSPS) is 11.2. The van der Waals surface area contributed by atoms with Crippen molar-refractivity contribution in [3.63, 3.8) is 0 Å². The van der Waals surface area contributed by atoms with Gasteiger partial charge in [0.2, 0.25) is 15.9 Å². The van der Waals surface area contributed by atoms with Crippen LogP contribution >= 0.6 is 15.9 Å². The fourth-order valence-corrected chi connectivity index (χ4v) is 3.17. The van der Waals surface area contributed by atoms with E-state index in [0.717, 1.165) is 6.42 Å². The Morgan fingerprint density at radius 2 is 2.05 bits per heavy atom. The summed E-state index contributed by atoms with van der Waals surface area (Å²) in [7, 11) is -3.70. The monoisotopic (exact) mass is 378 g/mol. The van der Waals surface area contributed by atoms with Crippen molar-refractivity contribution in [2.24, 2.45) is 0 Å². The molecular formula is C12H19BrN4O3S. The van der Waals surface area contributed by atoms with Gasteiger partial charge in [0.15, 0.2) is 0 Å². The van der Waals surface area contributed by atoms with Crippen LogP contribution in [0.15, 0.2) is 21.6 Å². The molecule has 0 unspecified atom stereocenters. The van der Waals surface area contributed by atoms with E-state index < -0.39 is 10.0 Å². The molecule has 0 saturated heterocycles. The Morgan fingerprint density at radius 3 is 2.67 bits per heavy atom. The molecule has 118 valence electrons. The standard InChI is InChI=1S/C12H19BrN4O3S/c1-3-4-15-12-11(7-10(13)8-16-12)21(19,20)17-6-5-14-9(2)18/h7-8,17H,3-6H2,1-2H3,(H,14,18)(H,15,16). The van der Waals surface area contributed by atoms with Gasteiger partial charge in [-0.15, -0.1) is 0 Å². The van der Waals surface area contributed by atoms with Crippen molar-refractivity contribution in [2.45, 2.75) is 25.2 Å². The number of carbonyl (C=O) groups is 1. The summed E-state index contributed by atoms with van der Waals surface area (Å²) in [6.07, 6.45) is 2.39. The van der Waals surface area contributed by atoms with Gasteiger partial charge >= 0.3 is 0 Å². The lowest BCUT2D eigenvalue weighted by atomic mass is 10.4. The minimum absolute atomic E-state index is 0.0770. The molecule has 0 aliphatic rings. The van der Waals surface area contributed by atoms with E-state index >= 15 is 0 Å². The number of halogens is 1. The summed E-state index contributed by atoms with van der Waals surface area (Å²) >= 11 is 3.22. The lowest BCUT2D eigenvalue weighted by molar-refractivity contribution is -0.118. The van der Waals surface area contributed by atoms with E-state index in [-0.39, 0.29) is 23.9 Å². The van der Waals surface area contributed by atoms with Crippen molar-refractivity contribution in [3.8, 4) is 0 Å². The minimum atomic E-state index is -3.70. The molecular weight excluding hydrogens is 360 g/mol. The fourth-order valence-electron chi connectivity index (χ4n) is 1.50. The smallest absolute Gasteiger partial charge is 0.244 e. The lowest BCUT2D eigenvalue weighted by Crippen LogP contribution is -2.34. The van der Waals surface area contributed by atoms with Crippen LogP contribution in [0.3, 0.4) is 0 Å². The minimum Gasteiger partial charge on any atom is -0.369 e. The Bertz CT molecular complexity index is 592. The number of hydrogen-bond donors (Lipinski definition) is 3. The highest BCUT2D eigenvalue weighted by Gasteiger charge is 2.19. The van der Waals surface area contributed by atoms with E-state index in [1.54, 1.807) is 0 Å². The van der Waals surface area contributed by atoms with Crippen LogP contribution in [-0.4, -0.2) is 38.9 Å². The molecule has 0 spiro atoms. The number of rotatable bonds is 8. The van der Waals surface area contributed by atoms with Crippen LogP contribution in [0.5, 0.6) is 0 Å². The molecule has 0 fully saturated rings. The Labute approximate surface area is 133 Å². The van der Waals surface area contributed by atoms with Crippen molar-refractivity contribution in [3.05, 3.63) is 16.7 Å². The number of anilines is 1. The van der Waals surface area contributed by atoms with E-state index in [0.29, 0.717) is 16.8 Å². The molecule has 0 radical (unpaired) electrons. The van der Waals surface area contributed by atoms with Crippen molar-refractivity contribution >= 4 is 37.7 Å². The van der Waals surface area contributed by atoms with E-state index in [1.807, 2.05) is 6.92 Å². The van der Waals surface area contributed by atoms with Gasteiger partial charge in [-0.05, 0) is 28.4 Å². The maximum absolute atomic E-state index is 12.3. The van der Waals surface area contributed by atoms with Gasteiger partial charge in [0.05, 0.1) is 0 Å². The molecule has 1 heterocycles. The SMILES string of the molecule is CCCNc1ncc(Br)cc1S(=O)(=O)NCCNC(C)=O. The number of amides is 1. The molecule has 0 bridgehead atoms. The molecule has 1 rings (SSSR count).